The van der Waals surface area contributed by atoms with Gasteiger partial charge in [-0.25, -0.2) is 4.39 Å². The SMILES string of the molecule is CN=C(NCC(=O)NC(C)C)N1CC(C)OC(c2ccc(F)cc2)C1. The van der Waals surface area contributed by atoms with E-state index < -0.39 is 0 Å². The monoisotopic (exact) mass is 350 g/mol. The van der Waals surface area contributed by atoms with E-state index in [2.05, 4.69) is 20.5 Å². The summed E-state index contributed by atoms with van der Waals surface area (Å²) in [5, 5.41) is 5.93. The third-order valence-corrected chi connectivity index (χ3v) is 3.87. The smallest absolute Gasteiger partial charge is 0.239 e. The standard InChI is InChI=1S/C18H27FN4O2/c1-12(2)22-17(24)9-21-18(20-4)23-10-13(3)25-16(11-23)14-5-7-15(19)8-6-14/h5-8,12-13,16H,9-11H2,1-4H3,(H,20,21)(H,22,24). The number of ether oxygens (including phenoxy) is 1. The molecule has 2 atom stereocenters. The van der Waals surface area contributed by atoms with Gasteiger partial charge in [-0.3, -0.25) is 9.79 Å². The molecule has 1 saturated heterocycles. The lowest BCUT2D eigenvalue weighted by molar-refractivity contribution is -0.120. The second-order valence-corrected chi connectivity index (χ2v) is 6.51. The van der Waals surface area contributed by atoms with Gasteiger partial charge in [0.15, 0.2) is 5.96 Å². The molecule has 1 aliphatic heterocycles. The van der Waals surface area contributed by atoms with E-state index in [1.807, 2.05) is 20.8 Å². The Kier molecular flexibility index (Phi) is 6.75. The molecule has 0 aliphatic carbocycles. The molecule has 1 heterocycles. The number of hydrogen-bond donors (Lipinski definition) is 2. The predicted molar refractivity (Wildman–Crippen MR) is 95.9 cm³/mol. The van der Waals surface area contributed by atoms with Gasteiger partial charge < -0.3 is 20.3 Å². The Labute approximate surface area is 148 Å². The summed E-state index contributed by atoms with van der Waals surface area (Å²) < 4.78 is 19.1. The van der Waals surface area contributed by atoms with Crippen molar-refractivity contribution in [1.82, 2.24) is 15.5 Å². The lowest BCUT2D eigenvalue weighted by atomic mass is 10.1. The normalized spacial score (nSPS) is 21.4. The molecule has 0 radical (unpaired) electrons. The number of nitrogens with zero attached hydrogens (tertiary/aromatic N) is 2. The lowest BCUT2D eigenvalue weighted by Gasteiger charge is -2.38. The number of carbonyl (C=O) groups is 1. The molecule has 1 aromatic carbocycles. The maximum atomic E-state index is 13.1. The average Bonchev–Trinajstić information content (AvgIpc) is 2.55. The minimum Gasteiger partial charge on any atom is -0.367 e. The molecule has 2 rings (SSSR count). The number of benzene rings is 1. The summed E-state index contributed by atoms with van der Waals surface area (Å²) in [6, 6.07) is 6.45. The number of aliphatic imine (C=N–C) groups is 1. The Morgan fingerprint density at radius 3 is 2.64 bits per heavy atom. The number of halogens is 1. The highest BCUT2D eigenvalue weighted by molar-refractivity contribution is 5.86. The van der Waals surface area contributed by atoms with Gasteiger partial charge in [0.2, 0.25) is 5.91 Å². The van der Waals surface area contributed by atoms with Crippen molar-refractivity contribution in [2.24, 2.45) is 4.99 Å². The molecule has 1 aliphatic rings. The highest BCUT2D eigenvalue weighted by atomic mass is 19.1. The van der Waals surface area contributed by atoms with E-state index in [0.717, 1.165) is 5.56 Å². The third kappa shape index (κ3) is 5.70. The van der Waals surface area contributed by atoms with Gasteiger partial charge in [0, 0.05) is 19.6 Å². The molecule has 6 nitrogen and oxygen atoms in total. The summed E-state index contributed by atoms with van der Waals surface area (Å²) in [6.45, 7) is 7.25. The van der Waals surface area contributed by atoms with Gasteiger partial charge in [-0.2, -0.15) is 0 Å². The van der Waals surface area contributed by atoms with Crippen LogP contribution in [-0.4, -0.2) is 55.6 Å². The van der Waals surface area contributed by atoms with Crippen LogP contribution in [0.15, 0.2) is 29.3 Å². The molecule has 25 heavy (non-hydrogen) atoms. The molecule has 2 N–H and O–H groups in total. The number of hydrogen-bond acceptors (Lipinski definition) is 3. The number of morpholine rings is 1. The fourth-order valence-corrected chi connectivity index (χ4v) is 2.85. The highest BCUT2D eigenvalue weighted by Crippen LogP contribution is 2.25. The molecule has 0 spiro atoms. The summed E-state index contributed by atoms with van der Waals surface area (Å²) in [5.41, 5.74) is 0.922. The van der Waals surface area contributed by atoms with Crippen LogP contribution in [0.2, 0.25) is 0 Å². The van der Waals surface area contributed by atoms with Crippen molar-refractivity contribution >= 4 is 11.9 Å². The molecule has 138 valence electrons. The quantitative estimate of drug-likeness (QED) is 0.641. The maximum absolute atomic E-state index is 13.1. The highest BCUT2D eigenvalue weighted by Gasteiger charge is 2.28. The van der Waals surface area contributed by atoms with Crippen molar-refractivity contribution in [2.75, 3.05) is 26.7 Å². The molecule has 1 amide bonds. The molecule has 0 aromatic heterocycles. The van der Waals surface area contributed by atoms with Crippen LogP contribution in [0.3, 0.4) is 0 Å². The Balaban J connectivity index is 2.01. The molecule has 1 fully saturated rings. The van der Waals surface area contributed by atoms with Crippen LogP contribution in [0.25, 0.3) is 0 Å². The number of guanidine groups is 1. The van der Waals surface area contributed by atoms with E-state index in [0.29, 0.717) is 19.0 Å². The summed E-state index contributed by atoms with van der Waals surface area (Å²) in [5.74, 6) is 0.312. The Morgan fingerprint density at radius 1 is 1.36 bits per heavy atom. The second kappa shape index (κ2) is 8.80. The lowest BCUT2D eigenvalue weighted by Crippen LogP contribution is -2.52. The van der Waals surface area contributed by atoms with Crippen molar-refractivity contribution in [3.8, 4) is 0 Å². The molecular weight excluding hydrogens is 323 g/mol. The zero-order valence-electron chi connectivity index (χ0n) is 15.3. The van der Waals surface area contributed by atoms with E-state index in [4.69, 9.17) is 4.74 Å². The zero-order valence-corrected chi connectivity index (χ0v) is 15.3. The van der Waals surface area contributed by atoms with Gasteiger partial charge in [0.25, 0.3) is 0 Å². The number of rotatable bonds is 4. The van der Waals surface area contributed by atoms with E-state index in [9.17, 15) is 9.18 Å². The van der Waals surface area contributed by atoms with Crippen molar-refractivity contribution in [2.45, 2.75) is 39.0 Å². The van der Waals surface area contributed by atoms with Crippen molar-refractivity contribution < 1.29 is 13.9 Å². The second-order valence-electron chi connectivity index (χ2n) is 6.51. The minimum absolute atomic E-state index is 0.00755. The average molecular weight is 350 g/mol. The topological polar surface area (TPSA) is 66.0 Å². The zero-order chi connectivity index (χ0) is 18.4. The maximum Gasteiger partial charge on any atom is 0.239 e. The van der Waals surface area contributed by atoms with E-state index in [1.165, 1.54) is 12.1 Å². The predicted octanol–water partition coefficient (Wildman–Crippen LogP) is 1.69. The van der Waals surface area contributed by atoms with Crippen LogP contribution in [0, 0.1) is 5.82 Å². The van der Waals surface area contributed by atoms with Crippen LogP contribution in [0.4, 0.5) is 4.39 Å². The Bertz CT molecular complexity index is 604. The van der Waals surface area contributed by atoms with Crippen LogP contribution in [0.1, 0.15) is 32.4 Å². The summed E-state index contributed by atoms with van der Waals surface area (Å²) in [6.07, 6.45) is -0.181. The summed E-state index contributed by atoms with van der Waals surface area (Å²) in [7, 11) is 1.69. The fourth-order valence-electron chi connectivity index (χ4n) is 2.85. The Morgan fingerprint density at radius 2 is 2.04 bits per heavy atom. The molecule has 0 saturated carbocycles. The number of amides is 1. The van der Waals surface area contributed by atoms with Gasteiger partial charge in [0.05, 0.1) is 19.2 Å². The fraction of sp³-hybridized carbons (Fsp3) is 0.556. The molecule has 2 unspecified atom stereocenters. The van der Waals surface area contributed by atoms with Crippen molar-refractivity contribution in [3.05, 3.63) is 35.6 Å². The van der Waals surface area contributed by atoms with E-state index >= 15 is 0 Å². The van der Waals surface area contributed by atoms with Crippen LogP contribution < -0.4 is 10.6 Å². The van der Waals surface area contributed by atoms with E-state index in [1.54, 1.807) is 19.2 Å². The largest absolute Gasteiger partial charge is 0.367 e. The van der Waals surface area contributed by atoms with Gasteiger partial charge in [-0.15, -0.1) is 0 Å². The van der Waals surface area contributed by atoms with Gasteiger partial charge in [-0.1, -0.05) is 12.1 Å². The van der Waals surface area contributed by atoms with Crippen molar-refractivity contribution in [3.63, 3.8) is 0 Å². The molecule has 1 aromatic rings. The molecular formula is C18H27FN4O2. The number of carbonyl (C=O) groups excluding carboxylic acids is 1. The van der Waals surface area contributed by atoms with Gasteiger partial charge in [0.1, 0.15) is 11.9 Å². The van der Waals surface area contributed by atoms with Gasteiger partial charge in [-0.05, 0) is 38.5 Å². The van der Waals surface area contributed by atoms with Crippen LogP contribution >= 0.6 is 0 Å². The summed E-state index contributed by atoms with van der Waals surface area (Å²) in [4.78, 5) is 18.2. The summed E-state index contributed by atoms with van der Waals surface area (Å²) >= 11 is 0. The van der Waals surface area contributed by atoms with Crippen LogP contribution in [0.5, 0.6) is 0 Å². The van der Waals surface area contributed by atoms with Crippen LogP contribution in [-0.2, 0) is 9.53 Å². The first-order chi connectivity index (χ1) is 11.9. The first kappa shape index (κ1) is 19.2. The minimum atomic E-state index is -0.266. The van der Waals surface area contributed by atoms with E-state index in [-0.39, 0.29) is 36.5 Å². The first-order valence-electron chi connectivity index (χ1n) is 8.55. The third-order valence-electron chi connectivity index (χ3n) is 3.87. The molecule has 0 bridgehead atoms. The molecule has 7 heteroatoms. The van der Waals surface area contributed by atoms with Gasteiger partial charge >= 0.3 is 0 Å². The first-order valence-corrected chi connectivity index (χ1v) is 8.55. The van der Waals surface area contributed by atoms with Crippen molar-refractivity contribution in [1.29, 1.82) is 0 Å². The Hall–Kier alpha value is -2.15. The number of nitrogens with one attached hydrogen (secondary N) is 2.